The lowest BCUT2D eigenvalue weighted by atomic mass is 9.85. The fourth-order valence-electron chi connectivity index (χ4n) is 9.04. The molecule has 2 aromatic carbocycles. The molecule has 5 atom stereocenters. The molecular formula is C51H60N10O6S2. The molecule has 3 amide bonds. The van der Waals surface area contributed by atoms with Crippen LogP contribution in [0, 0.1) is 33.1 Å². The summed E-state index contributed by atoms with van der Waals surface area (Å²) in [7, 11) is 1.39. The van der Waals surface area contributed by atoms with Crippen molar-refractivity contribution in [2.24, 2.45) is 10.4 Å². The van der Waals surface area contributed by atoms with Gasteiger partial charge in [-0.3, -0.25) is 33.4 Å². The lowest BCUT2D eigenvalue weighted by Crippen LogP contribution is -2.57. The van der Waals surface area contributed by atoms with E-state index in [2.05, 4.69) is 61.5 Å². The van der Waals surface area contributed by atoms with Crippen LogP contribution < -0.4 is 10.6 Å². The number of benzene rings is 2. The molecular weight excluding hydrogens is 913 g/mol. The molecule has 2 aliphatic heterocycles. The fourth-order valence-corrected chi connectivity index (χ4v) is 11.1. The number of aliphatic hydroxyl groups excluding tert-OH is 1. The summed E-state index contributed by atoms with van der Waals surface area (Å²) in [5.74, 6) is 0.0924. The van der Waals surface area contributed by atoms with E-state index < -0.39 is 35.6 Å². The maximum absolute atomic E-state index is 14.2. The van der Waals surface area contributed by atoms with E-state index in [1.54, 1.807) is 33.6 Å². The number of thiophene rings is 1. The molecule has 0 radical (unpaired) electrons. The van der Waals surface area contributed by atoms with E-state index in [1.807, 2.05) is 89.6 Å². The Morgan fingerprint density at radius 3 is 2.32 bits per heavy atom. The normalized spacial score (nSPS) is 17.6. The van der Waals surface area contributed by atoms with Gasteiger partial charge in [0.15, 0.2) is 5.82 Å². The highest BCUT2D eigenvalue weighted by Crippen LogP contribution is 2.40. The number of aryl methyl sites for hydroxylation is 4. The molecule has 18 heteroatoms. The number of rotatable bonds is 15. The van der Waals surface area contributed by atoms with Gasteiger partial charge in [-0.15, -0.1) is 32.9 Å². The predicted molar refractivity (Wildman–Crippen MR) is 266 cm³/mol. The van der Waals surface area contributed by atoms with E-state index in [-0.39, 0.29) is 49.6 Å². The molecule has 6 heterocycles. The van der Waals surface area contributed by atoms with Crippen LogP contribution in [0.1, 0.15) is 116 Å². The minimum Gasteiger partial charge on any atom is -0.469 e. The van der Waals surface area contributed by atoms with Gasteiger partial charge in [0.25, 0.3) is 0 Å². The van der Waals surface area contributed by atoms with Crippen LogP contribution in [0.3, 0.4) is 0 Å². The van der Waals surface area contributed by atoms with E-state index >= 15 is 0 Å². The van der Waals surface area contributed by atoms with Gasteiger partial charge in [0.05, 0.1) is 47.2 Å². The molecule has 0 saturated carbocycles. The molecule has 1 fully saturated rings. The zero-order valence-electron chi connectivity index (χ0n) is 40.6. The van der Waals surface area contributed by atoms with Crippen LogP contribution in [0.15, 0.2) is 71.4 Å². The first-order valence-electron chi connectivity index (χ1n) is 23.3. The summed E-state index contributed by atoms with van der Waals surface area (Å²) < 4.78 is 8.83. The number of hydrogen-bond acceptors (Lipinski definition) is 13. The van der Waals surface area contributed by atoms with Crippen molar-refractivity contribution < 1.29 is 29.0 Å². The van der Waals surface area contributed by atoms with Gasteiger partial charge in [0.1, 0.15) is 29.0 Å². The number of carbonyl (C=O) groups is 4. The molecule has 3 N–H and O–H groups in total. The minimum absolute atomic E-state index is 0.00601. The molecule has 4 aromatic heterocycles. The smallest absolute Gasteiger partial charge is 0.305 e. The van der Waals surface area contributed by atoms with Crippen LogP contribution in [0.25, 0.3) is 26.6 Å². The summed E-state index contributed by atoms with van der Waals surface area (Å²) in [5.41, 5.74) is 9.85. The van der Waals surface area contributed by atoms with Crippen LogP contribution in [0.4, 0.5) is 0 Å². The summed E-state index contributed by atoms with van der Waals surface area (Å²) in [4.78, 5) is 67.0. The number of nitrogens with zero attached hydrogens (tertiary/aromatic N) is 8. The van der Waals surface area contributed by atoms with E-state index in [0.717, 1.165) is 66.1 Å². The average molecular weight is 973 g/mol. The Morgan fingerprint density at radius 1 is 0.928 bits per heavy atom. The third-order valence-electron chi connectivity index (χ3n) is 13.1. The Hall–Kier alpha value is -6.37. The molecule has 69 heavy (non-hydrogen) atoms. The van der Waals surface area contributed by atoms with Gasteiger partial charge in [-0.2, -0.15) is 5.10 Å². The monoisotopic (exact) mass is 972 g/mol. The fraction of sp³-hybridized carbons (Fsp3) is 0.431. The highest BCUT2D eigenvalue weighted by atomic mass is 32.1. The highest BCUT2D eigenvalue weighted by Gasteiger charge is 2.45. The Labute approximate surface area is 410 Å². The minimum atomic E-state index is -0.928. The van der Waals surface area contributed by atoms with Gasteiger partial charge in [0, 0.05) is 60.1 Å². The van der Waals surface area contributed by atoms with Crippen molar-refractivity contribution in [3.63, 3.8) is 0 Å². The van der Waals surface area contributed by atoms with Gasteiger partial charge in [-0.1, -0.05) is 69.3 Å². The number of aliphatic imine (C=N–C) groups is 1. The average Bonchev–Trinajstić information content (AvgIpc) is 4.17. The molecule has 6 aromatic rings. The first kappa shape index (κ1) is 49.1. The van der Waals surface area contributed by atoms with Crippen LogP contribution in [0.5, 0.6) is 0 Å². The molecule has 0 unspecified atom stereocenters. The van der Waals surface area contributed by atoms with E-state index in [4.69, 9.17) is 9.73 Å². The molecule has 362 valence electrons. The summed E-state index contributed by atoms with van der Waals surface area (Å²) in [5, 5.41) is 31.3. The second-order valence-electron chi connectivity index (χ2n) is 19.1. The topological polar surface area (TPSA) is 199 Å². The third-order valence-corrected chi connectivity index (χ3v) is 15.2. The standard InChI is InChI=1S/C51H60N10O6S2/c1-28-31(4)69-50-43(28)44(55-39(20-21-42(64)67-9)47-58-57-32(5)61(47)50)35-16-14-34(15-17-35)37-24-53-59(25-37)22-10-11-41(63)56-46(51(6,7)8)49(66)60-26-38(62)23-40(60)48(65)54-29(2)33-12-18-36(19-13-33)45-30(3)52-27-68-45/h12-19,24-25,27,29,38-40,46,62H,10-11,20-23,26H2,1-9H3,(H,54,65)(H,56,63)/t29-,38+,39-,40-,46+/m0/s1. The molecule has 0 bridgehead atoms. The van der Waals surface area contributed by atoms with Gasteiger partial charge in [0.2, 0.25) is 17.7 Å². The SMILES string of the molecule is COC(=O)CC[C@@H]1N=C(c2ccc(-c3cnn(CCCC(=O)N[C@H](C(=O)N4C[C@H](O)C[C@H]4C(=O)N[C@@H](C)c4ccc(-c5scnc5C)cc4)C(C)(C)C)c3)cc2)c2c(sc(C)c2C)-n2c(C)nnc21. The van der Waals surface area contributed by atoms with E-state index in [9.17, 15) is 24.3 Å². The van der Waals surface area contributed by atoms with Crippen LogP contribution in [-0.4, -0.2) is 101 Å². The highest BCUT2D eigenvalue weighted by molar-refractivity contribution is 7.15. The van der Waals surface area contributed by atoms with Gasteiger partial charge in [-0.05, 0) is 75.1 Å². The molecule has 8 rings (SSSR count). The van der Waals surface area contributed by atoms with Crippen molar-refractivity contribution in [2.45, 2.75) is 124 Å². The first-order valence-corrected chi connectivity index (χ1v) is 25.0. The number of amides is 3. The van der Waals surface area contributed by atoms with Gasteiger partial charge in [-0.25, -0.2) is 4.98 Å². The molecule has 0 aliphatic carbocycles. The third kappa shape index (κ3) is 10.5. The number of β-amino-alcohol motifs (C(OH)–C–C–N with tert-alkyl or cyclic N) is 1. The van der Waals surface area contributed by atoms with Gasteiger partial charge >= 0.3 is 5.97 Å². The molecule has 16 nitrogen and oxygen atoms in total. The molecule has 0 spiro atoms. The number of hydrogen-bond donors (Lipinski definition) is 3. The van der Waals surface area contributed by atoms with Crippen LogP contribution in [-0.2, 0) is 30.5 Å². The van der Waals surface area contributed by atoms with Crippen LogP contribution >= 0.6 is 22.7 Å². The number of thiazole rings is 1. The summed E-state index contributed by atoms with van der Waals surface area (Å²) >= 11 is 3.26. The number of nitrogens with one attached hydrogen (secondary N) is 2. The number of aliphatic hydroxyl groups is 1. The lowest BCUT2D eigenvalue weighted by molar-refractivity contribution is -0.144. The van der Waals surface area contributed by atoms with Crippen LogP contribution in [0.2, 0.25) is 0 Å². The number of carbonyl (C=O) groups excluding carboxylic acids is 4. The maximum Gasteiger partial charge on any atom is 0.305 e. The van der Waals surface area contributed by atoms with Crippen molar-refractivity contribution in [1.29, 1.82) is 0 Å². The summed E-state index contributed by atoms with van der Waals surface area (Å²) in [6.07, 6.45) is 4.21. The Balaban J connectivity index is 0.887. The second-order valence-corrected chi connectivity index (χ2v) is 21.1. The zero-order valence-corrected chi connectivity index (χ0v) is 42.2. The number of ether oxygens (including phenoxy) is 1. The van der Waals surface area contributed by atoms with Crippen molar-refractivity contribution in [2.75, 3.05) is 13.7 Å². The summed E-state index contributed by atoms with van der Waals surface area (Å²) in [6, 6.07) is 13.6. The lowest BCUT2D eigenvalue weighted by Gasteiger charge is -2.35. The van der Waals surface area contributed by atoms with E-state index in [0.29, 0.717) is 25.2 Å². The number of fused-ring (bicyclic) bond motifs is 3. The number of aromatic nitrogens is 6. The largest absolute Gasteiger partial charge is 0.469 e. The summed E-state index contributed by atoms with van der Waals surface area (Å²) in [6.45, 7) is 16.1. The molecule has 1 saturated heterocycles. The number of esters is 1. The predicted octanol–water partition coefficient (Wildman–Crippen LogP) is 7.55. The van der Waals surface area contributed by atoms with Gasteiger partial charge < -0.3 is 25.4 Å². The van der Waals surface area contributed by atoms with Crippen molar-refractivity contribution in [1.82, 2.24) is 45.1 Å². The first-order chi connectivity index (χ1) is 32.9. The quantitative estimate of drug-likeness (QED) is 0.0864. The maximum atomic E-state index is 14.2. The Bertz CT molecular complexity index is 2890. The number of methoxy groups -OCH3 is 1. The second kappa shape index (κ2) is 20.3. The Kier molecular flexibility index (Phi) is 14.4. The zero-order chi connectivity index (χ0) is 49.3. The van der Waals surface area contributed by atoms with Crippen molar-refractivity contribution in [3.05, 3.63) is 111 Å². The number of likely N-dealkylation sites (tertiary alicyclic amines) is 1. The Morgan fingerprint density at radius 2 is 1.64 bits per heavy atom. The van der Waals surface area contributed by atoms with E-state index in [1.165, 1.54) is 16.9 Å². The van der Waals surface area contributed by atoms with Crippen molar-refractivity contribution >= 4 is 52.1 Å². The molecule has 2 aliphatic rings. The van der Waals surface area contributed by atoms with Crippen molar-refractivity contribution in [3.8, 4) is 26.6 Å².